The van der Waals surface area contributed by atoms with Gasteiger partial charge in [-0.1, -0.05) is 55.7 Å². The number of aromatic nitrogens is 1. The third kappa shape index (κ3) is 4.03. The van der Waals surface area contributed by atoms with Gasteiger partial charge in [-0.3, -0.25) is 14.2 Å². The third-order valence-corrected chi connectivity index (χ3v) is 7.35. The minimum atomic E-state index is -4.01. The highest BCUT2D eigenvalue weighted by molar-refractivity contribution is 7.91. The molecule has 4 rings (SSSR count). The summed E-state index contributed by atoms with van der Waals surface area (Å²) in [5.74, 6) is -0.275. The number of carbonyl (C=O) groups is 1. The van der Waals surface area contributed by atoms with E-state index in [0.717, 1.165) is 25.7 Å². The van der Waals surface area contributed by atoms with Gasteiger partial charge in [0.2, 0.25) is 15.7 Å². The van der Waals surface area contributed by atoms with Gasteiger partial charge in [-0.2, -0.15) is 0 Å². The van der Waals surface area contributed by atoms with Gasteiger partial charge in [0.1, 0.15) is 11.4 Å². The number of rotatable bonds is 5. The molecule has 6 nitrogen and oxygen atoms in total. The van der Waals surface area contributed by atoms with Crippen LogP contribution in [0.4, 0.5) is 0 Å². The van der Waals surface area contributed by atoms with Gasteiger partial charge in [-0.25, -0.2) is 8.42 Å². The van der Waals surface area contributed by atoms with Crippen LogP contribution in [0.2, 0.25) is 0 Å². The Morgan fingerprint density at radius 1 is 0.967 bits per heavy atom. The Morgan fingerprint density at radius 3 is 2.37 bits per heavy atom. The summed E-state index contributed by atoms with van der Waals surface area (Å²) in [6.07, 6.45) is 5.21. The summed E-state index contributed by atoms with van der Waals surface area (Å²) in [4.78, 5) is 25.7. The molecule has 1 N–H and O–H groups in total. The smallest absolute Gasteiger partial charge is 0.270 e. The summed E-state index contributed by atoms with van der Waals surface area (Å²) in [5.41, 5.74) is -0.148. The number of carbonyl (C=O) groups excluding carboxylic acids is 1. The van der Waals surface area contributed by atoms with Crippen LogP contribution in [0.15, 0.2) is 75.2 Å². The number of pyridine rings is 1. The minimum Gasteiger partial charge on any atom is -0.352 e. The van der Waals surface area contributed by atoms with Gasteiger partial charge in [-0.05, 0) is 42.5 Å². The van der Waals surface area contributed by atoms with E-state index in [1.165, 1.54) is 29.2 Å². The SMILES string of the molecule is O=C(Cn1c(=O)c(S(=O)(=O)c2ccccc2)cc2ccccc21)NC1CCCCC1. The predicted molar refractivity (Wildman–Crippen MR) is 115 cm³/mol. The number of hydrogen-bond acceptors (Lipinski definition) is 4. The zero-order valence-electron chi connectivity index (χ0n) is 16.6. The van der Waals surface area contributed by atoms with E-state index in [2.05, 4.69) is 5.32 Å². The molecule has 0 atom stereocenters. The molecule has 0 saturated heterocycles. The van der Waals surface area contributed by atoms with Crippen molar-refractivity contribution >= 4 is 26.6 Å². The Balaban J connectivity index is 1.76. The molecule has 3 aromatic rings. The lowest BCUT2D eigenvalue weighted by atomic mass is 9.95. The van der Waals surface area contributed by atoms with Gasteiger partial charge in [-0.15, -0.1) is 0 Å². The molecule has 0 radical (unpaired) electrons. The second-order valence-corrected chi connectivity index (χ2v) is 9.60. The molecule has 1 aliphatic rings. The molecule has 156 valence electrons. The Bertz CT molecular complexity index is 1230. The summed E-state index contributed by atoms with van der Waals surface area (Å²) < 4.78 is 27.5. The number of nitrogens with zero attached hydrogens (tertiary/aromatic N) is 1. The molecule has 1 heterocycles. The number of hydrogen-bond donors (Lipinski definition) is 1. The standard InChI is InChI=1S/C23H24N2O4S/c26-22(24-18-10-3-1-4-11-18)16-25-20-14-8-7-9-17(20)15-21(23(25)27)30(28,29)19-12-5-2-6-13-19/h2,5-9,12-15,18H,1,3-4,10-11,16H2,(H,24,26). The van der Waals surface area contributed by atoms with Crippen molar-refractivity contribution < 1.29 is 13.2 Å². The first kappa shape index (κ1) is 20.3. The summed E-state index contributed by atoms with van der Waals surface area (Å²) in [6, 6.07) is 16.4. The van der Waals surface area contributed by atoms with Crippen LogP contribution in [0.25, 0.3) is 10.9 Å². The average molecular weight is 425 g/mol. The first-order valence-electron chi connectivity index (χ1n) is 10.2. The molecule has 0 bridgehead atoms. The lowest BCUT2D eigenvalue weighted by molar-refractivity contribution is -0.122. The summed E-state index contributed by atoms with van der Waals surface area (Å²) in [5, 5.41) is 3.60. The fourth-order valence-electron chi connectivity index (χ4n) is 4.04. The minimum absolute atomic E-state index is 0.0515. The van der Waals surface area contributed by atoms with Crippen molar-refractivity contribution in [2.24, 2.45) is 0 Å². The van der Waals surface area contributed by atoms with Gasteiger partial charge in [0.25, 0.3) is 5.56 Å². The fraction of sp³-hybridized carbons (Fsp3) is 0.304. The molecule has 1 amide bonds. The highest BCUT2D eigenvalue weighted by Gasteiger charge is 2.25. The largest absolute Gasteiger partial charge is 0.352 e. The van der Waals surface area contributed by atoms with Gasteiger partial charge in [0.15, 0.2) is 0 Å². The van der Waals surface area contributed by atoms with Crippen molar-refractivity contribution in [3.63, 3.8) is 0 Å². The van der Waals surface area contributed by atoms with Crippen LogP contribution >= 0.6 is 0 Å². The van der Waals surface area contributed by atoms with Crippen LogP contribution in [-0.2, 0) is 21.2 Å². The molecule has 30 heavy (non-hydrogen) atoms. The van der Waals surface area contributed by atoms with Crippen LogP contribution in [0.3, 0.4) is 0 Å². The molecule has 2 aromatic carbocycles. The molecular formula is C23H24N2O4S. The average Bonchev–Trinajstić information content (AvgIpc) is 2.76. The highest BCUT2D eigenvalue weighted by atomic mass is 32.2. The fourth-order valence-corrected chi connectivity index (χ4v) is 5.43. The molecule has 1 saturated carbocycles. The topological polar surface area (TPSA) is 85.2 Å². The van der Waals surface area contributed by atoms with Crippen molar-refractivity contribution in [1.82, 2.24) is 9.88 Å². The van der Waals surface area contributed by atoms with E-state index in [0.29, 0.717) is 10.9 Å². The zero-order valence-corrected chi connectivity index (χ0v) is 17.4. The van der Waals surface area contributed by atoms with Gasteiger partial charge in [0, 0.05) is 6.04 Å². The van der Waals surface area contributed by atoms with Crippen molar-refractivity contribution in [3.05, 3.63) is 71.0 Å². The second-order valence-electron chi connectivity index (χ2n) is 7.68. The molecule has 1 aromatic heterocycles. The number of sulfone groups is 1. The quantitative estimate of drug-likeness (QED) is 0.681. The first-order chi connectivity index (χ1) is 14.5. The van der Waals surface area contributed by atoms with Crippen LogP contribution in [-0.4, -0.2) is 24.9 Å². The maximum absolute atomic E-state index is 13.2. The summed E-state index contributed by atoms with van der Waals surface area (Å²) >= 11 is 0. The molecular weight excluding hydrogens is 400 g/mol. The van der Waals surface area contributed by atoms with E-state index < -0.39 is 15.4 Å². The van der Waals surface area contributed by atoms with Crippen molar-refractivity contribution in [3.8, 4) is 0 Å². The van der Waals surface area contributed by atoms with Crippen molar-refractivity contribution in [1.29, 1.82) is 0 Å². The Labute approximate surface area is 175 Å². The molecule has 7 heteroatoms. The van der Waals surface area contributed by atoms with Crippen molar-refractivity contribution in [2.45, 2.75) is 54.5 Å². The maximum atomic E-state index is 13.2. The van der Waals surface area contributed by atoms with Gasteiger partial charge in [0.05, 0.1) is 10.4 Å². The summed E-state index contributed by atoms with van der Waals surface area (Å²) in [6.45, 7) is -0.214. The van der Waals surface area contributed by atoms with Crippen LogP contribution in [0.5, 0.6) is 0 Å². The molecule has 1 aliphatic carbocycles. The number of benzene rings is 2. The van der Waals surface area contributed by atoms with E-state index >= 15 is 0 Å². The van der Waals surface area contributed by atoms with Crippen LogP contribution < -0.4 is 10.9 Å². The lowest BCUT2D eigenvalue weighted by Gasteiger charge is -2.23. The van der Waals surface area contributed by atoms with Crippen LogP contribution in [0.1, 0.15) is 32.1 Å². The Kier molecular flexibility index (Phi) is 5.72. The number of fused-ring (bicyclic) bond motifs is 1. The molecule has 0 unspecified atom stereocenters. The van der Waals surface area contributed by atoms with Crippen LogP contribution in [0, 0.1) is 0 Å². The van der Waals surface area contributed by atoms with E-state index in [1.54, 1.807) is 42.5 Å². The van der Waals surface area contributed by atoms with Gasteiger partial charge < -0.3 is 5.32 Å². The number of nitrogens with one attached hydrogen (secondary N) is 1. The predicted octanol–water partition coefficient (Wildman–Crippen LogP) is 3.28. The van der Waals surface area contributed by atoms with E-state index in [1.807, 2.05) is 0 Å². The zero-order chi connectivity index (χ0) is 21.1. The second kappa shape index (κ2) is 8.44. The lowest BCUT2D eigenvalue weighted by Crippen LogP contribution is -2.40. The monoisotopic (exact) mass is 424 g/mol. The molecule has 0 aliphatic heterocycles. The number of para-hydroxylation sites is 1. The maximum Gasteiger partial charge on any atom is 0.270 e. The number of amides is 1. The van der Waals surface area contributed by atoms with E-state index in [4.69, 9.17) is 0 Å². The highest BCUT2D eigenvalue weighted by Crippen LogP contribution is 2.22. The van der Waals surface area contributed by atoms with E-state index in [9.17, 15) is 18.0 Å². The Hall–Kier alpha value is -2.93. The normalized spacial score (nSPS) is 15.2. The van der Waals surface area contributed by atoms with Gasteiger partial charge >= 0.3 is 0 Å². The molecule has 1 fully saturated rings. The van der Waals surface area contributed by atoms with Crippen molar-refractivity contribution in [2.75, 3.05) is 0 Å². The molecule has 0 spiro atoms. The Morgan fingerprint density at radius 2 is 1.63 bits per heavy atom. The third-order valence-electron chi connectivity index (χ3n) is 5.59. The van der Waals surface area contributed by atoms with E-state index in [-0.39, 0.29) is 28.3 Å². The summed E-state index contributed by atoms with van der Waals surface area (Å²) in [7, 11) is -4.01. The first-order valence-corrected chi connectivity index (χ1v) is 11.7.